The summed E-state index contributed by atoms with van der Waals surface area (Å²) in [4.78, 5) is 21.9. The number of ether oxygens (including phenoxy) is 1. The summed E-state index contributed by atoms with van der Waals surface area (Å²) < 4.78 is 5.01. The molecule has 0 aromatic heterocycles. The SMILES string of the molecule is C=C(CC(=O)O)C(=O)OCCCCCCCCCCCCCCCC. The van der Waals surface area contributed by atoms with Crippen molar-refractivity contribution in [1.29, 1.82) is 0 Å². The molecule has 1 N–H and O–H groups in total. The second-order valence-electron chi connectivity index (χ2n) is 6.91. The molecule has 0 bridgehead atoms. The molecule has 0 saturated carbocycles. The molecule has 4 heteroatoms. The molecule has 0 unspecified atom stereocenters. The van der Waals surface area contributed by atoms with E-state index in [0.717, 1.165) is 12.8 Å². The highest BCUT2D eigenvalue weighted by molar-refractivity contribution is 5.92. The molecule has 0 aliphatic carbocycles. The van der Waals surface area contributed by atoms with Crippen LogP contribution in [0.4, 0.5) is 0 Å². The summed E-state index contributed by atoms with van der Waals surface area (Å²) in [5, 5.41) is 8.57. The van der Waals surface area contributed by atoms with Gasteiger partial charge in [0.25, 0.3) is 0 Å². The van der Waals surface area contributed by atoms with Gasteiger partial charge >= 0.3 is 11.9 Å². The van der Waals surface area contributed by atoms with E-state index in [4.69, 9.17) is 9.84 Å². The van der Waals surface area contributed by atoms with Crippen LogP contribution in [0.2, 0.25) is 0 Å². The fraction of sp³-hybridized carbons (Fsp3) is 0.810. The minimum atomic E-state index is -1.06. The number of carbonyl (C=O) groups excluding carboxylic acids is 1. The lowest BCUT2D eigenvalue weighted by Crippen LogP contribution is -2.11. The minimum absolute atomic E-state index is 0.0119. The number of carbonyl (C=O) groups is 2. The van der Waals surface area contributed by atoms with Crippen LogP contribution in [0.1, 0.15) is 103 Å². The van der Waals surface area contributed by atoms with Gasteiger partial charge in [0.2, 0.25) is 0 Å². The molecule has 4 nitrogen and oxygen atoms in total. The summed E-state index contributed by atoms with van der Waals surface area (Å²) in [6, 6.07) is 0. The third-order valence-corrected chi connectivity index (χ3v) is 4.38. The van der Waals surface area contributed by atoms with Crippen LogP contribution in [0, 0.1) is 0 Å². The van der Waals surface area contributed by atoms with Gasteiger partial charge in [-0.25, -0.2) is 4.79 Å². The number of aliphatic carboxylic acids is 1. The monoisotopic (exact) mass is 354 g/mol. The van der Waals surface area contributed by atoms with Crippen LogP contribution in [-0.4, -0.2) is 23.7 Å². The van der Waals surface area contributed by atoms with Crippen molar-refractivity contribution in [3.63, 3.8) is 0 Å². The van der Waals surface area contributed by atoms with Gasteiger partial charge in [-0.05, 0) is 6.42 Å². The van der Waals surface area contributed by atoms with E-state index < -0.39 is 11.9 Å². The van der Waals surface area contributed by atoms with Crippen LogP contribution >= 0.6 is 0 Å². The molecule has 0 spiro atoms. The number of carboxylic acids is 1. The number of hydrogen-bond donors (Lipinski definition) is 1. The fourth-order valence-electron chi connectivity index (χ4n) is 2.82. The summed E-state index contributed by atoms with van der Waals surface area (Å²) in [6.07, 6.45) is 17.6. The normalized spacial score (nSPS) is 10.6. The van der Waals surface area contributed by atoms with Gasteiger partial charge in [0, 0.05) is 5.57 Å². The Balaban J connectivity index is 3.22. The van der Waals surface area contributed by atoms with Gasteiger partial charge in [0.05, 0.1) is 13.0 Å². The zero-order chi connectivity index (χ0) is 18.8. The van der Waals surface area contributed by atoms with Crippen molar-refractivity contribution in [2.24, 2.45) is 0 Å². The first-order valence-corrected chi connectivity index (χ1v) is 10.1. The molecular formula is C21H38O4. The van der Waals surface area contributed by atoms with Crippen molar-refractivity contribution < 1.29 is 19.4 Å². The fourth-order valence-corrected chi connectivity index (χ4v) is 2.82. The number of carboxylic acid groups (broad SMARTS) is 1. The van der Waals surface area contributed by atoms with Gasteiger partial charge in [-0.1, -0.05) is 97.0 Å². The van der Waals surface area contributed by atoms with Crippen LogP contribution in [0.5, 0.6) is 0 Å². The Labute approximate surface area is 154 Å². The molecule has 0 heterocycles. The number of rotatable bonds is 18. The molecule has 0 aliphatic rings. The Bertz CT molecular complexity index is 363. The van der Waals surface area contributed by atoms with Crippen molar-refractivity contribution in [1.82, 2.24) is 0 Å². The summed E-state index contributed by atoms with van der Waals surface area (Å²) in [7, 11) is 0. The topological polar surface area (TPSA) is 63.6 Å². The van der Waals surface area contributed by atoms with Gasteiger partial charge in [0.15, 0.2) is 0 Å². The second-order valence-corrected chi connectivity index (χ2v) is 6.91. The van der Waals surface area contributed by atoms with Gasteiger partial charge in [-0.2, -0.15) is 0 Å². The Morgan fingerprint density at radius 2 is 1.16 bits per heavy atom. The van der Waals surface area contributed by atoms with Crippen LogP contribution in [0.15, 0.2) is 12.2 Å². The zero-order valence-corrected chi connectivity index (χ0v) is 16.2. The van der Waals surface area contributed by atoms with E-state index in [-0.39, 0.29) is 12.0 Å². The molecule has 0 amide bonds. The first kappa shape index (κ1) is 23.7. The minimum Gasteiger partial charge on any atom is -0.481 e. The summed E-state index contributed by atoms with van der Waals surface area (Å²) in [6.45, 7) is 6.04. The van der Waals surface area contributed by atoms with E-state index in [1.54, 1.807) is 0 Å². The van der Waals surface area contributed by atoms with E-state index in [1.807, 2.05) is 0 Å². The highest BCUT2D eigenvalue weighted by atomic mass is 16.5. The quantitative estimate of drug-likeness (QED) is 0.185. The van der Waals surface area contributed by atoms with Crippen molar-refractivity contribution in [2.45, 2.75) is 103 Å². The van der Waals surface area contributed by atoms with Crippen molar-refractivity contribution in [2.75, 3.05) is 6.61 Å². The predicted octanol–water partition coefficient (Wildman–Crippen LogP) is 6.04. The van der Waals surface area contributed by atoms with E-state index in [1.165, 1.54) is 77.0 Å². The van der Waals surface area contributed by atoms with Gasteiger partial charge < -0.3 is 9.84 Å². The zero-order valence-electron chi connectivity index (χ0n) is 16.2. The van der Waals surface area contributed by atoms with Crippen LogP contribution < -0.4 is 0 Å². The standard InChI is InChI=1S/C21H38O4/c1-3-4-5-6-7-8-9-10-11-12-13-14-15-16-17-25-21(24)19(2)18-20(22)23/h2-18H2,1H3,(H,22,23). The molecule has 0 atom stereocenters. The maximum atomic E-state index is 11.4. The van der Waals surface area contributed by atoms with E-state index in [0.29, 0.717) is 6.61 Å². The van der Waals surface area contributed by atoms with Gasteiger partial charge in [-0.15, -0.1) is 0 Å². The van der Waals surface area contributed by atoms with E-state index in [2.05, 4.69) is 13.5 Å². The van der Waals surface area contributed by atoms with Crippen molar-refractivity contribution in [3.05, 3.63) is 12.2 Å². The first-order valence-electron chi connectivity index (χ1n) is 10.1. The van der Waals surface area contributed by atoms with E-state index in [9.17, 15) is 9.59 Å². The molecule has 0 rings (SSSR count). The molecule has 25 heavy (non-hydrogen) atoms. The summed E-state index contributed by atoms with van der Waals surface area (Å²) in [5.41, 5.74) is 0.0119. The Morgan fingerprint density at radius 3 is 1.56 bits per heavy atom. The smallest absolute Gasteiger partial charge is 0.333 e. The summed E-state index contributed by atoms with van der Waals surface area (Å²) >= 11 is 0. The average Bonchev–Trinajstić information content (AvgIpc) is 2.57. The predicted molar refractivity (Wildman–Crippen MR) is 103 cm³/mol. The highest BCUT2D eigenvalue weighted by Crippen LogP contribution is 2.13. The molecule has 0 aromatic rings. The lowest BCUT2D eigenvalue weighted by atomic mass is 10.0. The van der Waals surface area contributed by atoms with Gasteiger partial charge in [-0.3, -0.25) is 4.79 Å². The number of hydrogen-bond acceptors (Lipinski definition) is 3. The lowest BCUT2D eigenvalue weighted by molar-refractivity contribution is -0.142. The molecule has 0 saturated heterocycles. The molecule has 0 aliphatic heterocycles. The number of unbranched alkanes of at least 4 members (excludes halogenated alkanes) is 13. The maximum absolute atomic E-state index is 11.4. The van der Waals surface area contributed by atoms with Crippen molar-refractivity contribution in [3.8, 4) is 0 Å². The second kappa shape index (κ2) is 17.5. The molecule has 0 fully saturated rings. The van der Waals surface area contributed by atoms with Crippen LogP contribution in [0.25, 0.3) is 0 Å². The Hall–Kier alpha value is -1.32. The van der Waals surface area contributed by atoms with Gasteiger partial charge in [0.1, 0.15) is 0 Å². The molecule has 0 aromatic carbocycles. The van der Waals surface area contributed by atoms with Crippen LogP contribution in [0.3, 0.4) is 0 Å². The highest BCUT2D eigenvalue weighted by Gasteiger charge is 2.11. The Kier molecular flexibility index (Phi) is 16.6. The Morgan fingerprint density at radius 1 is 0.760 bits per heavy atom. The molecule has 0 radical (unpaired) electrons. The lowest BCUT2D eigenvalue weighted by Gasteiger charge is -2.06. The molecule has 146 valence electrons. The maximum Gasteiger partial charge on any atom is 0.333 e. The van der Waals surface area contributed by atoms with Crippen molar-refractivity contribution >= 4 is 11.9 Å². The number of esters is 1. The average molecular weight is 355 g/mol. The third kappa shape index (κ3) is 17.3. The third-order valence-electron chi connectivity index (χ3n) is 4.38. The largest absolute Gasteiger partial charge is 0.481 e. The summed E-state index contributed by atoms with van der Waals surface area (Å²) in [5.74, 6) is -1.64. The van der Waals surface area contributed by atoms with E-state index >= 15 is 0 Å². The molecular weight excluding hydrogens is 316 g/mol. The first-order chi connectivity index (χ1) is 12.1. The van der Waals surface area contributed by atoms with Crippen LogP contribution in [-0.2, 0) is 14.3 Å².